The molecule has 0 atom stereocenters. The molecule has 2 N–H and O–H groups in total. The Morgan fingerprint density at radius 3 is 2.90 bits per heavy atom. The van der Waals surface area contributed by atoms with Gasteiger partial charge < -0.3 is 10.3 Å². The molecule has 0 spiro atoms. The van der Waals surface area contributed by atoms with Gasteiger partial charge in [0, 0.05) is 19.3 Å². The predicted molar refractivity (Wildman–Crippen MR) is 36.6 cm³/mol. The summed E-state index contributed by atoms with van der Waals surface area (Å²) >= 11 is 0. The molecule has 0 radical (unpaired) electrons. The molecule has 54 valence electrons. The third kappa shape index (κ3) is 1.15. The maximum atomic E-state index is 12.3. The van der Waals surface area contributed by atoms with Crippen LogP contribution in [0.1, 0.15) is 0 Å². The number of anilines is 1. The molecular formula is C6H7FN2O. The monoisotopic (exact) mass is 142 g/mol. The van der Waals surface area contributed by atoms with E-state index in [2.05, 4.69) is 10.3 Å². The Labute approximate surface area is 56.9 Å². The molecule has 3 nitrogen and oxygen atoms in total. The van der Waals surface area contributed by atoms with E-state index in [1.165, 1.54) is 0 Å². The molecule has 0 aliphatic carbocycles. The molecule has 1 aromatic heterocycles. The van der Waals surface area contributed by atoms with Crippen molar-refractivity contribution in [2.24, 2.45) is 0 Å². The number of aromatic amines is 1. The van der Waals surface area contributed by atoms with Crippen LogP contribution in [0.2, 0.25) is 0 Å². The van der Waals surface area contributed by atoms with Crippen LogP contribution in [-0.4, -0.2) is 12.0 Å². The van der Waals surface area contributed by atoms with Crippen molar-refractivity contribution in [3.05, 3.63) is 28.4 Å². The van der Waals surface area contributed by atoms with Crippen molar-refractivity contribution in [1.82, 2.24) is 4.98 Å². The normalized spacial score (nSPS) is 9.40. The van der Waals surface area contributed by atoms with Gasteiger partial charge in [-0.1, -0.05) is 0 Å². The molecule has 0 amide bonds. The van der Waals surface area contributed by atoms with Crippen molar-refractivity contribution >= 4 is 5.69 Å². The van der Waals surface area contributed by atoms with Crippen LogP contribution >= 0.6 is 0 Å². The smallest absolute Gasteiger partial charge is 0.271 e. The van der Waals surface area contributed by atoms with Crippen molar-refractivity contribution in [3.8, 4) is 0 Å². The zero-order valence-electron chi connectivity index (χ0n) is 5.44. The van der Waals surface area contributed by atoms with Gasteiger partial charge in [0.15, 0.2) is 0 Å². The van der Waals surface area contributed by atoms with Gasteiger partial charge in [0.25, 0.3) is 5.56 Å². The number of hydrogen-bond donors (Lipinski definition) is 2. The van der Waals surface area contributed by atoms with Crippen LogP contribution in [0.3, 0.4) is 0 Å². The van der Waals surface area contributed by atoms with Gasteiger partial charge >= 0.3 is 0 Å². The second-order valence-electron chi connectivity index (χ2n) is 1.81. The number of hydrogen-bond acceptors (Lipinski definition) is 2. The number of nitrogens with one attached hydrogen (secondary N) is 2. The van der Waals surface area contributed by atoms with E-state index in [1.54, 1.807) is 7.05 Å². The average Bonchev–Trinajstić information content (AvgIpc) is 1.94. The fraction of sp³-hybridized carbons (Fsp3) is 0.167. The van der Waals surface area contributed by atoms with Gasteiger partial charge in [-0.15, -0.1) is 0 Å². The van der Waals surface area contributed by atoms with Crippen molar-refractivity contribution in [3.63, 3.8) is 0 Å². The van der Waals surface area contributed by atoms with Gasteiger partial charge in [0.2, 0.25) is 0 Å². The highest BCUT2D eigenvalue weighted by atomic mass is 19.1. The molecule has 10 heavy (non-hydrogen) atoms. The van der Waals surface area contributed by atoms with E-state index in [1.807, 2.05) is 0 Å². The minimum absolute atomic E-state index is 0.236. The molecule has 0 saturated heterocycles. The van der Waals surface area contributed by atoms with E-state index in [0.717, 1.165) is 12.3 Å². The zero-order chi connectivity index (χ0) is 7.56. The van der Waals surface area contributed by atoms with E-state index < -0.39 is 5.82 Å². The van der Waals surface area contributed by atoms with Crippen LogP contribution in [0.4, 0.5) is 10.1 Å². The van der Waals surface area contributed by atoms with Gasteiger partial charge in [0.1, 0.15) is 11.5 Å². The molecule has 1 aromatic rings. The highest BCUT2D eigenvalue weighted by molar-refractivity contribution is 5.39. The van der Waals surface area contributed by atoms with E-state index in [-0.39, 0.29) is 11.2 Å². The van der Waals surface area contributed by atoms with Crippen LogP contribution in [-0.2, 0) is 0 Å². The molecule has 0 unspecified atom stereocenters. The Morgan fingerprint density at radius 2 is 2.40 bits per heavy atom. The maximum Gasteiger partial charge on any atom is 0.271 e. The summed E-state index contributed by atoms with van der Waals surface area (Å²) in [7, 11) is 1.56. The number of halogens is 1. The molecule has 0 aliphatic heterocycles. The van der Waals surface area contributed by atoms with Gasteiger partial charge in [0.05, 0.1) is 0 Å². The third-order valence-corrected chi connectivity index (χ3v) is 1.14. The van der Waals surface area contributed by atoms with Crippen LogP contribution < -0.4 is 10.9 Å². The number of pyridine rings is 1. The molecular weight excluding hydrogens is 135 g/mol. The average molecular weight is 142 g/mol. The lowest BCUT2D eigenvalue weighted by Gasteiger charge is -1.95. The summed E-state index contributed by atoms with van der Waals surface area (Å²) in [5, 5.41) is 2.55. The number of rotatable bonds is 1. The van der Waals surface area contributed by atoms with Gasteiger partial charge in [-0.3, -0.25) is 4.79 Å². The first kappa shape index (κ1) is 6.80. The first-order valence-electron chi connectivity index (χ1n) is 2.80. The van der Waals surface area contributed by atoms with E-state index in [4.69, 9.17) is 0 Å². The summed E-state index contributed by atoms with van der Waals surface area (Å²) < 4.78 is 12.3. The molecule has 0 aromatic carbocycles. The van der Waals surface area contributed by atoms with E-state index >= 15 is 0 Å². The first-order valence-corrected chi connectivity index (χ1v) is 2.80. The molecule has 1 rings (SSSR count). The van der Waals surface area contributed by atoms with Crippen molar-refractivity contribution in [2.45, 2.75) is 0 Å². The lowest BCUT2D eigenvalue weighted by molar-refractivity contribution is 0.621. The Hall–Kier alpha value is -1.32. The summed E-state index contributed by atoms with van der Waals surface area (Å²) in [6.07, 6.45) is 1.02. The van der Waals surface area contributed by atoms with Crippen LogP contribution in [0, 0.1) is 5.82 Å². The minimum Gasteiger partial charge on any atom is -0.384 e. The van der Waals surface area contributed by atoms with Crippen molar-refractivity contribution in [2.75, 3.05) is 12.4 Å². The predicted octanol–water partition coefficient (Wildman–Crippen LogP) is 0.556. The van der Waals surface area contributed by atoms with Gasteiger partial charge in [-0.2, -0.15) is 0 Å². The molecule has 1 heterocycles. The van der Waals surface area contributed by atoms with Gasteiger partial charge in [-0.05, 0) is 0 Å². The first-order chi connectivity index (χ1) is 4.74. The second-order valence-corrected chi connectivity index (χ2v) is 1.81. The number of aromatic nitrogens is 1. The van der Waals surface area contributed by atoms with Crippen LogP contribution in [0.25, 0.3) is 0 Å². The molecule has 0 fully saturated rings. The minimum atomic E-state index is -0.455. The molecule has 0 bridgehead atoms. The Morgan fingerprint density at radius 1 is 1.70 bits per heavy atom. The van der Waals surface area contributed by atoms with Gasteiger partial charge in [-0.25, -0.2) is 4.39 Å². The maximum absolute atomic E-state index is 12.3. The molecule has 4 heteroatoms. The quantitative estimate of drug-likeness (QED) is 0.601. The summed E-state index contributed by atoms with van der Waals surface area (Å²) in [6, 6.07) is 1.14. The fourth-order valence-electron chi connectivity index (χ4n) is 0.643. The highest BCUT2D eigenvalue weighted by Gasteiger charge is 1.96. The van der Waals surface area contributed by atoms with Crippen molar-refractivity contribution in [1.29, 1.82) is 0 Å². The highest BCUT2D eigenvalue weighted by Crippen LogP contribution is 1.98. The largest absolute Gasteiger partial charge is 0.384 e. The Kier molecular flexibility index (Phi) is 1.71. The Bertz CT molecular complexity index is 281. The second kappa shape index (κ2) is 2.51. The summed E-state index contributed by atoms with van der Waals surface area (Å²) in [5.74, 6) is -0.455. The SMILES string of the molecule is CNc1cc(F)c[nH]c1=O. The number of H-pyrrole nitrogens is 1. The standard InChI is InChI=1S/C6H7FN2O/c1-8-5-2-4(7)3-9-6(5)10/h2-3,8H,1H3,(H,9,10). The summed E-state index contributed by atoms with van der Waals surface area (Å²) in [4.78, 5) is 12.9. The van der Waals surface area contributed by atoms with Crippen LogP contribution in [0.5, 0.6) is 0 Å². The lowest BCUT2D eigenvalue weighted by Crippen LogP contribution is -2.10. The van der Waals surface area contributed by atoms with E-state index in [0.29, 0.717) is 0 Å². The Balaban J connectivity index is 3.22. The van der Waals surface area contributed by atoms with E-state index in [9.17, 15) is 9.18 Å². The van der Waals surface area contributed by atoms with Crippen LogP contribution in [0.15, 0.2) is 17.1 Å². The zero-order valence-corrected chi connectivity index (χ0v) is 5.44. The topological polar surface area (TPSA) is 44.9 Å². The fourth-order valence-corrected chi connectivity index (χ4v) is 0.643. The molecule has 0 aliphatic rings. The third-order valence-electron chi connectivity index (χ3n) is 1.14. The summed E-state index contributed by atoms with van der Waals surface area (Å²) in [5.41, 5.74) is -0.0797. The molecule has 0 saturated carbocycles. The summed E-state index contributed by atoms with van der Waals surface area (Å²) in [6.45, 7) is 0. The lowest BCUT2D eigenvalue weighted by atomic mass is 10.4. The van der Waals surface area contributed by atoms with Crippen molar-refractivity contribution < 1.29 is 4.39 Å².